The third-order valence-corrected chi connectivity index (χ3v) is 6.92. The molecule has 0 spiro atoms. The van der Waals surface area contributed by atoms with Crippen LogP contribution in [0.4, 0.5) is 0 Å². The van der Waals surface area contributed by atoms with E-state index in [2.05, 4.69) is 27.7 Å². The summed E-state index contributed by atoms with van der Waals surface area (Å²) < 4.78 is 7.11. The van der Waals surface area contributed by atoms with E-state index < -0.39 is 0 Å². The van der Waals surface area contributed by atoms with Crippen molar-refractivity contribution in [3.05, 3.63) is 0 Å². The first-order valence-corrected chi connectivity index (χ1v) is 10.5. The van der Waals surface area contributed by atoms with Gasteiger partial charge in [-0.05, 0) is 23.0 Å². The molecule has 0 aliphatic rings. The summed E-state index contributed by atoms with van der Waals surface area (Å²) in [7, 11) is 0. The van der Waals surface area contributed by atoms with E-state index in [1.165, 1.54) is 23.0 Å². The zero-order chi connectivity index (χ0) is 12.9. The summed E-state index contributed by atoms with van der Waals surface area (Å²) in [6, 6.07) is 0. The number of ether oxygens (including phenoxy) is 1. The Labute approximate surface area is 124 Å². The minimum atomic E-state index is 0.615. The average molecular weight is 315 g/mol. The predicted octanol–water partition coefficient (Wildman–Crippen LogP) is 4.67. The molecule has 0 aliphatic heterocycles. The molecule has 17 heavy (non-hydrogen) atoms. The Bertz CT molecular complexity index is 129. The first-order chi connectivity index (χ1) is 8.28. The molecule has 0 saturated carbocycles. The van der Waals surface area contributed by atoms with Gasteiger partial charge in [-0.3, -0.25) is 0 Å². The molecule has 0 aliphatic carbocycles. The van der Waals surface area contributed by atoms with Crippen molar-refractivity contribution in [1.82, 2.24) is 0 Å². The van der Waals surface area contributed by atoms with Crippen LogP contribution in [-0.4, -0.2) is 45.4 Å². The fourth-order valence-electron chi connectivity index (χ4n) is 1.29. The van der Waals surface area contributed by atoms with E-state index in [1.54, 1.807) is 0 Å². The van der Waals surface area contributed by atoms with Crippen molar-refractivity contribution >= 4 is 47.0 Å². The lowest BCUT2D eigenvalue weighted by Crippen LogP contribution is -2.15. The van der Waals surface area contributed by atoms with Crippen LogP contribution in [0.3, 0.4) is 0 Å². The maximum Gasteiger partial charge on any atom is 0.0735 e. The van der Waals surface area contributed by atoms with Gasteiger partial charge in [-0.25, -0.2) is 0 Å². The first kappa shape index (κ1) is 18.4. The van der Waals surface area contributed by atoms with Gasteiger partial charge in [0.2, 0.25) is 0 Å². The van der Waals surface area contributed by atoms with Gasteiger partial charge in [0.25, 0.3) is 0 Å². The molecular weight excluding hydrogens is 288 g/mol. The summed E-state index contributed by atoms with van der Waals surface area (Å²) in [6.07, 6.45) is 0. The van der Waals surface area contributed by atoms with E-state index in [1.807, 2.05) is 47.0 Å². The van der Waals surface area contributed by atoms with Crippen molar-refractivity contribution in [2.24, 2.45) is 0 Å². The average Bonchev–Trinajstić information content (AvgIpc) is 2.30. The van der Waals surface area contributed by atoms with Crippen LogP contribution in [0, 0.1) is 0 Å². The normalized spacial score (nSPS) is 11.6. The summed E-state index contributed by atoms with van der Waals surface area (Å²) >= 11 is 8.01. The summed E-state index contributed by atoms with van der Waals surface area (Å²) in [6.45, 7) is 10.7. The second-order valence-electron chi connectivity index (χ2n) is 3.22. The van der Waals surface area contributed by atoms with Crippen molar-refractivity contribution in [1.29, 1.82) is 0 Å². The summed E-state index contributed by atoms with van der Waals surface area (Å²) in [4.78, 5) is 0. The molecule has 0 aromatic carbocycles. The third kappa shape index (κ3) is 10.9. The molecule has 0 aromatic heterocycles. The molecule has 0 aromatic rings. The molecule has 0 N–H and O–H groups in total. The zero-order valence-electron chi connectivity index (χ0n) is 11.4. The minimum absolute atomic E-state index is 0.615. The molecule has 0 rings (SSSR count). The van der Waals surface area contributed by atoms with Crippen LogP contribution in [0.1, 0.15) is 27.7 Å². The van der Waals surface area contributed by atoms with E-state index in [0.29, 0.717) is 9.16 Å². The van der Waals surface area contributed by atoms with Gasteiger partial charge in [-0.2, -0.15) is 0 Å². The zero-order valence-corrected chi connectivity index (χ0v) is 14.7. The molecule has 0 fully saturated rings. The first-order valence-electron chi connectivity index (χ1n) is 6.32. The molecule has 0 bridgehead atoms. The topological polar surface area (TPSA) is 9.23 Å². The maximum absolute atomic E-state index is 5.88. The summed E-state index contributed by atoms with van der Waals surface area (Å²) in [5.74, 6) is 4.71. The second-order valence-corrected chi connectivity index (χ2v) is 9.73. The molecule has 5 heteroatoms. The third-order valence-electron chi connectivity index (χ3n) is 1.92. The van der Waals surface area contributed by atoms with Crippen molar-refractivity contribution < 1.29 is 4.74 Å². The van der Waals surface area contributed by atoms with Crippen LogP contribution >= 0.6 is 47.0 Å². The van der Waals surface area contributed by atoms with Gasteiger partial charge in [0.15, 0.2) is 0 Å². The van der Waals surface area contributed by atoms with E-state index in [-0.39, 0.29) is 0 Å². The van der Waals surface area contributed by atoms with Crippen LogP contribution in [0.2, 0.25) is 0 Å². The molecule has 0 amide bonds. The van der Waals surface area contributed by atoms with Crippen molar-refractivity contribution in [3.8, 4) is 0 Å². The highest BCUT2D eigenvalue weighted by atomic mass is 32.2. The number of hydrogen-bond donors (Lipinski definition) is 0. The Kier molecular flexibility index (Phi) is 14.9. The van der Waals surface area contributed by atoms with Crippen LogP contribution in [0.15, 0.2) is 0 Å². The SMILES string of the molecule is CCSC(COCC(SCC)SCC)SCC. The largest absolute Gasteiger partial charge is 0.377 e. The van der Waals surface area contributed by atoms with Gasteiger partial charge in [-0.1, -0.05) is 27.7 Å². The van der Waals surface area contributed by atoms with Gasteiger partial charge >= 0.3 is 0 Å². The van der Waals surface area contributed by atoms with Crippen LogP contribution in [0.25, 0.3) is 0 Å². The predicted molar refractivity (Wildman–Crippen MR) is 90.9 cm³/mol. The Morgan fingerprint density at radius 1 is 0.647 bits per heavy atom. The van der Waals surface area contributed by atoms with E-state index >= 15 is 0 Å². The number of thioether (sulfide) groups is 4. The standard InChI is InChI=1S/C12H26OS4/c1-5-14-11(15-6-2)9-13-10-12(16-7-3)17-8-4/h11-12H,5-10H2,1-4H3. The smallest absolute Gasteiger partial charge is 0.0735 e. The maximum atomic E-state index is 5.88. The molecule has 0 radical (unpaired) electrons. The Hall–Kier alpha value is 1.36. The highest BCUT2D eigenvalue weighted by Gasteiger charge is 2.11. The second kappa shape index (κ2) is 13.8. The van der Waals surface area contributed by atoms with Gasteiger partial charge in [0.05, 0.1) is 22.4 Å². The van der Waals surface area contributed by atoms with Crippen molar-refractivity contribution in [2.75, 3.05) is 36.2 Å². The van der Waals surface area contributed by atoms with Gasteiger partial charge in [-0.15, -0.1) is 47.0 Å². The van der Waals surface area contributed by atoms with E-state index in [0.717, 1.165) is 13.2 Å². The molecule has 0 saturated heterocycles. The number of rotatable bonds is 12. The number of hydrogen-bond acceptors (Lipinski definition) is 5. The molecule has 0 heterocycles. The van der Waals surface area contributed by atoms with Crippen LogP contribution in [-0.2, 0) is 4.74 Å². The Morgan fingerprint density at radius 2 is 0.941 bits per heavy atom. The van der Waals surface area contributed by atoms with E-state index in [9.17, 15) is 0 Å². The fourth-order valence-corrected chi connectivity index (χ4v) is 5.95. The Balaban J connectivity index is 3.73. The van der Waals surface area contributed by atoms with Gasteiger partial charge < -0.3 is 4.74 Å². The summed E-state index contributed by atoms with van der Waals surface area (Å²) in [5, 5.41) is 0. The lowest BCUT2D eigenvalue weighted by Gasteiger charge is -2.18. The van der Waals surface area contributed by atoms with Crippen LogP contribution in [0.5, 0.6) is 0 Å². The lowest BCUT2D eigenvalue weighted by molar-refractivity contribution is 0.159. The highest BCUT2D eigenvalue weighted by molar-refractivity contribution is 8.17. The van der Waals surface area contributed by atoms with Crippen molar-refractivity contribution in [3.63, 3.8) is 0 Å². The quantitative estimate of drug-likeness (QED) is 0.483. The molecule has 0 unspecified atom stereocenters. The highest BCUT2D eigenvalue weighted by Crippen LogP contribution is 2.26. The Morgan fingerprint density at radius 3 is 1.18 bits per heavy atom. The van der Waals surface area contributed by atoms with Gasteiger partial charge in [0.1, 0.15) is 0 Å². The molecule has 1 nitrogen and oxygen atoms in total. The van der Waals surface area contributed by atoms with E-state index in [4.69, 9.17) is 4.74 Å². The van der Waals surface area contributed by atoms with Gasteiger partial charge in [0, 0.05) is 0 Å². The molecular formula is C12H26OS4. The van der Waals surface area contributed by atoms with Crippen LogP contribution < -0.4 is 0 Å². The monoisotopic (exact) mass is 314 g/mol. The summed E-state index contributed by atoms with van der Waals surface area (Å²) in [5.41, 5.74) is 0. The minimum Gasteiger partial charge on any atom is -0.377 e. The fraction of sp³-hybridized carbons (Fsp3) is 1.00. The lowest BCUT2D eigenvalue weighted by atomic mass is 10.8. The molecule has 0 atom stereocenters. The molecule has 104 valence electrons. The van der Waals surface area contributed by atoms with Crippen molar-refractivity contribution in [2.45, 2.75) is 36.9 Å².